The zero-order chi connectivity index (χ0) is 28.5. The first-order chi connectivity index (χ1) is 18.3. The minimum atomic E-state index is -2.19. The average Bonchev–Trinajstić information content (AvgIpc) is 2.87. The van der Waals surface area contributed by atoms with Crippen molar-refractivity contribution in [3.63, 3.8) is 0 Å². The van der Waals surface area contributed by atoms with E-state index >= 15 is 0 Å². The molecule has 1 fully saturated rings. The topological polar surface area (TPSA) is 49.8 Å². The minimum Gasteiger partial charge on any atom is -0.508 e. The summed E-state index contributed by atoms with van der Waals surface area (Å²) in [6.07, 6.45) is 0.768. The van der Waals surface area contributed by atoms with E-state index in [4.69, 9.17) is 4.43 Å². The number of hydrogen-bond donors (Lipinski definition) is 1. The highest BCUT2D eigenvalue weighted by molar-refractivity contribution is 9.08. The van der Waals surface area contributed by atoms with E-state index in [0.717, 1.165) is 11.1 Å². The van der Waals surface area contributed by atoms with Crippen LogP contribution in [0, 0.1) is 17.6 Å². The predicted octanol–water partition coefficient (Wildman–Crippen LogP) is 8.81. The fraction of sp³-hybridized carbons (Fsp3) is 0.387. The number of hydrogen-bond acceptors (Lipinski definition) is 3. The zero-order valence-electron chi connectivity index (χ0n) is 23.0. The molecule has 0 aliphatic carbocycles. The van der Waals surface area contributed by atoms with Crippen LogP contribution in [0.5, 0.6) is 5.75 Å². The number of alkyl halides is 1. The minimum absolute atomic E-state index is 0.0254. The molecule has 39 heavy (non-hydrogen) atoms. The number of aromatic hydroxyl groups is 1. The van der Waals surface area contributed by atoms with Crippen LogP contribution in [-0.4, -0.2) is 19.3 Å². The molecule has 3 aromatic rings. The first kappa shape index (κ1) is 29.4. The highest BCUT2D eigenvalue weighted by atomic mass is 79.9. The van der Waals surface area contributed by atoms with Crippen LogP contribution in [-0.2, 0) is 14.6 Å². The van der Waals surface area contributed by atoms with Crippen molar-refractivity contribution in [3.05, 3.63) is 95.1 Å². The van der Waals surface area contributed by atoms with Gasteiger partial charge in [0.2, 0.25) is 5.91 Å². The lowest BCUT2D eigenvalue weighted by Gasteiger charge is -2.48. The standard InChI is InChI=1S/C31H36BrF2NO3Si/c1-31(2,3)39(4,5)38-28(21-7-9-22(33)10-8-21)17-16-26-29(25-15-6-20(19-32)18-27(25)36)35(30(26)37)24-13-11-23(34)12-14-24/h6-15,18,26,28-29,36H,16-17,19H2,1-5H3/t26?,28-,29+/m0/s1. The van der Waals surface area contributed by atoms with E-state index in [2.05, 4.69) is 49.8 Å². The molecule has 0 aromatic heterocycles. The Morgan fingerprint density at radius 3 is 2.13 bits per heavy atom. The maximum atomic E-state index is 13.7. The number of carbonyl (C=O) groups is 1. The molecule has 1 unspecified atom stereocenters. The van der Waals surface area contributed by atoms with Gasteiger partial charge in [0.15, 0.2) is 8.32 Å². The number of anilines is 1. The number of rotatable bonds is 9. The Labute approximate surface area is 239 Å². The fourth-order valence-corrected chi connectivity index (χ4v) is 6.50. The number of carbonyl (C=O) groups excluding carboxylic acids is 1. The normalized spacial score (nSPS) is 18.7. The van der Waals surface area contributed by atoms with Crippen molar-refractivity contribution < 1.29 is 23.1 Å². The van der Waals surface area contributed by atoms with Gasteiger partial charge < -0.3 is 14.4 Å². The van der Waals surface area contributed by atoms with Gasteiger partial charge in [-0.05, 0) is 84.6 Å². The van der Waals surface area contributed by atoms with Gasteiger partial charge in [-0.1, -0.05) is 61.0 Å². The van der Waals surface area contributed by atoms with Gasteiger partial charge in [0.1, 0.15) is 17.4 Å². The number of benzene rings is 3. The van der Waals surface area contributed by atoms with Gasteiger partial charge in [-0.25, -0.2) is 8.78 Å². The number of nitrogens with zero attached hydrogens (tertiary/aromatic N) is 1. The smallest absolute Gasteiger partial charge is 0.233 e. The Hall–Kier alpha value is -2.55. The molecule has 3 atom stereocenters. The molecule has 0 radical (unpaired) electrons. The van der Waals surface area contributed by atoms with Gasteiger partial charge in [-0.15, -0.1) is 0 Å². The van der Waals surface area contributed by atoms with Crippen molar-refractivity contribution in [2.45, 2.75) is 69.2 Å². The second-order valence-corrected chi connectivity index (χ2v) is 17.1. The summed E-state index contributed by atoms with van der Waals surface area (Å²) in [6.45, 7) is 10.9. The number of β-lactam (4-membered cyclic amide) rings is 1. The molecule has 3 aromatic carbocycles. The Kier molecular flexibility index (Phi) is 8.69. The highest BCUT2D eigenvalue weighted by Gasteiger charge is 2.50. The van der Waals surface area contributed by atoms with Crippen LogP contribution in [0.15, 0.2) is 66.7 Å². The van der Waals surface area contributed by atoms with Gasteiger partial charge >= 0.3 is 0 Å². The van der Waals surface area contributed by atoms with Crippen molar-refractivity contribution in [1.82, 2.24) is 0 Å². The van der Waals surface area contributed by atoms with Crippen LogP contribution in [0.25, 0.3) is 0 Å². The van der Waals surface area contributed by atoms with Crippen LogP contribution in [0.2, 0.25) is 18.1 Å². The number of phenolic OH excluding ortho intramolecular Hbond substituents is 1. The van der Waals surface area contributed by atoms with Crippen LogP contribution in [0.3, 0.4) is 0 Å². The maximum Gasteiger partial charge on any atom is 0.233 e. The molecule has 8 heteroatoms. The third-order valence-corrected chi connectivity index (χ3v) is 13.2. The number of halogens is 3. The van der Waals surface area contributed by atoms with E-state index in [1.54, 1.807) is 35.2 Å². The van der Waals surface area contributed by atoms with E-state index in [9.17, 15) is 18.7 Å². The molecule has 1 heterocycles. The summed E-state index contributed by atoms with van der Waals surface area (Å²) in [6, 6.07) is 17.3. The van der Waals surface area contributed by atoms with Crippen LogP contribution in [0.1, 0.15) is 62.4 Å². The molecule has 0 bridgehead atoms. The van der Waals surface area contributed by atoms with Crippen molar-refractivity contribution in [1.29, 1.82) is 0 Å². The quantitative estimate of drug-likeness (QED) is 0.149. The van der Waals surface area contributed by atoms with Crippen LogP contribution in [0.4, 0.5) is 14.5 Å². The lowest BCUT2D eigenvalue weighted by molar-refractivity contribution is -0.131. The summed E-state index contributed by atoms with van der Waals surface area (Å²) in [5, 5.41) is 11.5. The molecule has 1 aliphatic rings. The zero-order valence-corrected chi connectivity index (χ0v) is 25.6. The monoisotopic (exact) mass is 615 g/mol. The summed E-state index contributed by atoms with van der Waals surface area (Å²) >= 11 is 3.42. The van der Waals surface area contributed by atoms with Crippen LogP contribution >= 0.6 is 15.9 Å². The fourth-order valence-electron chi connectivity index (χ4n) is 4.83. The van der Waals surface area contributed by atoms with Gasteiger partial charge in [0.25, 0.3) is 0 Å². The maximum absolute atomic E-state index is 13.7. The molecule has 4 nitrogen and oxygen atoms in total. The average molecular weight is 617 g/mol. The summed E-state index contributed by atoms with van der Waals surface area (Å²) in [7, 11) is -2.19. The molecule has 4 rings (SSSR count). The van der Waals surface area contributed by atoms with Gasteiger partial charge in [0.05, 0.1) is 18.1 Å². The van der Waals surface area contributed by atoms with Crippen molar-refractivity contribution in [2.24, 2.45) is 5.92 Å². The van der Waals surface area contributed by atoms with Crippen molar-refractivity contribution in [2.75, 3.05) is 4.90 Å². The second-order valence-electron chi connectivity index (χ2n) is 11.8. The number of phenols is 1. The van der Waals surface area contributed by atoms with E-state index in [1.807, 2.05) is 12.1 Å². The Bertz CT molecular complexity index is 1310. The summed E-state index contributed by atoms with van der Waals surface area (Å²) in [5.41, 5.74) is 3.03. The third-order valence-electron chi connectivity index (χ3n) is 8.11. The molecule has 1 N–H and O–H groups in total. The molecule has 1 aliphatic heterocycles. The summed E-state index contributed by atoms with van der Waals surface area (Å²) in [5.74, 6) is -1.05. The van der Waals surface area contributed by atoms with Gasteiger partial charge in [0, 0.05) is 16.6 Å². The van der Waals surface area contributed by atoms with E-state index in [-0.39, 0.29) is 34.4 Å². The predicted molar refractivity (Wildman–Crippen MR) is 158 cm³/mol. The molecule has 1 saturated heterocycles. The molecule has 208 valence electrons. The van der Waals surface area contributed by atoms with E-state index in [1.165, 1.54) is 24.3 Å². The van der Waals surface area contributed by atoms with E-state index < -0.39 is 20.3 Å². The highest BCUT2D eigenvalue weighted by Crippen LogP contribution is 2.49. The van der Waals surface area contributed by atoms with Gasteiger partial charge in [-0.2, -0.15) is 0 Å². The van der Waals surface area contributed by atoms with Crippen LogP contribution < -0.4 is 4.90 Å². The second kappa shape index (κ2) is 11.5. The summed E-state index contributed by atoms with van der Waals surface area (Å²) < 4.78 is 34.2. The molecule has 0 saturated carbocycles. The largest absolute Gasteiger partial charge is 0.508 e. The SMILES string of the molecule is CC(C)(C)[Si](C)(C)O[C@@H](CCC1C(=O)N(c2ccc(F)cc2)[C@@H]1c1ccc(CBr)cc1O)c1ccc(F)cc1. The lowest BCUT2D eigenvalue weighted by Crippen LogP contribution is -2.55. The first-order valence-electron chi connectivity index (χ1n) is 13.2. The molecule has 1 amide bonds. The Morgan fingerprint density at radius 2 is 1.59 bits per heavy atom. The number of amides is 1. The summed E-state index contributed by atoms with van der Waals surface area (Å²) in [4.78, 5) is 15.2. The van der Waals surface area contributed by atoms with Gasteiger partial charge in [-0.3, -0.25) is 4.79 Å². The van der Waals surface area contributed by atoms with Crippen molar-refractivity contribution in [3.8, 4) is 5.75 Å². The van der Waals surface area contributed by atoms with Crippen molar-refractivity contribution >= 4 is 35.8 Å². The third kappa shape index (κ3) is 6.28. The first-order valence-corrected chi connectivity index (χ1v) is 17.2. The Morgan fingerprint density at radius 1 is 1.00 bits per heavy atom. The molecular weight excluding hydrogens is 580 g/mol. The van der Waals surface area contributed by atoms with E-state index in [0.29, 0.717) is 29.4 Å². The molecule has 0 spiro atoms. The lowest BCUT2D eigenvalue weighted by atomic mass is 9.77. The Balaban J connectivity index is 1.65. The molecular formula is C31H36BrF2NO3Si.